The lowest BCUT2D eigenvalue weighted by Crippen LogP contribution is -2.45. The van der Waals surface area contributed by atoms with Crippen molar-refractivity contribution in [2.45, 2.75) is 57.5 Å². The number of nitrogens with zero attached hydrogens (tertiary/aromatic N) is 2. The number of halogens is 2. The van der Waals surface area contributed by atoms with Gasteiger partial charge >= 0.3 is 0 Å². The zero-order valence-corrected chi connectivity index (χ0v) is 16.1. The van der Waals surface area contributed by atoms with Gasteiger partial charge in [-0.3, -0.25) is 4.79 Å². The number of likely N-dealkylation sites (tertiary alicyclic amines) is 1. The molecule has 2 saturated heterocycles. The Morgan fingerprint density at radius 1 is 1.22 bits per heavy atom. The van der Waals surface area contributed by atoms with Crippen LogP contribution in [0.4, 0.5) is 0 Å². The first-order valence-corrected chi connectivity index (χ1v) is 8.90. The summed E-state index contributed by atoms with van der Waals surface area (Å²) in [5.74, 6) is 1.81. The molecular weight excluding hydrogens is 333 g/mol. The molecule has 4 unspecified atom stereocenters. The predicted octanol–water partition coefficient (Wildman–Crippen LogP) is 2.55. The molecule has 1 N–H and O–H groups in total. The molecule has 0 aromatic rings. The van der Waals surface area contributed by atoms with Gasteiger partial charge in [0.05, 0.1) is 6.04 Å². The third-order valence-corrected chi connectivity index (χ3v) is 5.87. The summed E-state index contributed by atoms with van der Waals surface area (Å²) in [6, 6.07) is 0.734. The van der Waals surface area contributed by atoms with Crippen LogP contribution in [0.25, 0.3) is 0 Å². The van der Waals surface area contributed by atoms with Crippen molar-refractivity contribution in [2.24, 2.45) is 11.8 Å². The molecule has 3 fully saturated rings. The Labute approximate surface area is 153 Å². The largest absolute Gasteiger partial charge is 0.341 e. The molecule has 1 amide bonds. The molecule has 0 spiro atoms. The van der Waals surface area contributed by atoms with E-state index < -0.39 is 0 Å². The molecule has 4 atom stereocenters. The molecule has 2 heterocycles. The third-order valence-electron chi connectivity index (χ3n) is 5.87. The van der Waals surface area contributed by atoms with Gasteiger partial charge < -0.3 is 15.1 Å². The Morgan fingerprint density at radius 3 is 2.65 bits per heavy atom. The summed E-state index contributed by atoms with van der Waals surface area (Å²) in [4.78, 5) is 17.2. The van der Waals surface area contributed by atoms with Crippen LogP contribution in [0.5, 0.6) is 0 Å². The highest BCUT2D eigenvalue weighted by molar-refractivity contribution is 5.85. The second-order valence-corrected chi connectivity index (χ2v) is 7.40. The topological polar surface area (TPSA) is 35.6 Å². The van der Waals surface area contributed by atoms with E-state index in [1.165, 1.54) is 32.1 Å². The first-order valence-electron chi connectivity index (χ1n) is 8.90. The number of nitrogens with one attached hydrogen (secondary N) is 1. The molecule has 1 aliphatic carbocycles. The van der Waals surface area contributed by atoms with Gasteiger partial charge in [-0.1, -0.05) is 19.8 Å². The Morgan fingerprint density at radius 2 is 1.96 bits per heavy atom. The first-order chi connectivity index (χ1) is 10.2. The maximum absolute atomic E-state index is 12.7. The van der Waals surface area contributed by atoms with E-state index in [-0.39, 0.29) is 30.9 Å². The maximum Gasteiger partial charge on any atom is 0.239 e. The quantitative estimate of drug-likeness (QED) is 0.831. The van der Waals surface area contributed by atoms with Gasteiger partial charge in [-0.25, -0.2) is 0 Å². The van der Waals surface area contributed by atoms with Crippen molar-refractivity contribution in [3.63, 3.8) is 0 Å². The Kier molecular flexibility index (Phi) is 8.64. The molecule has 1 saturated carbocycles. The Balaban J connectivity index is 0.00000132. The monoisotopic (exact) mass is 365 g/mol. The molecule has 6 heteroatoms. The number of amides is 1. The van der Waals surface area contributed by atoms with Gasteiger partial charge in [-0.2, -0.15) is 0 Å². The molecule has 23 heavy (non-hydrogen) atoms. The fourth-order valence-electron chi connectivity index (χ4n) is 4.48. The van der Waals surface area contributed by atoms with E-state index in [4.69, 9.17) is 0 Å². The summed E-state index contributed by atoms with van der Waals surface area (Å²) in [6.45, 7) is 6.36. The number of carbonyl (C=O) groups is 1. The fourth-order valence-corrected chi connectivity index (χ4v) is 4.48. The lowest BCUT2D eigenvalue weighted by atomic mass is 9.85. The van der Waals surface area contributed by atoms with Crippen molar-refractivity contribution in [3.05, 3.63) is 0 Å². The second-order valence-electron chi connectivity index (χ2n) is 7.40. The molecule has 3 aliphatic rings. The summed E-state index contributed by atoms with van der Waals surface area (Å²) in [7, 11) is 2.17. The van der Waals surface area contributed by atoms with Crippen molar-refractivity contribution in [1.29, 1.82) is 0 Å². The highest BCUT2D eigenvalue weighted by atomic mass is 35.5. The normalized spacial score (nSPS) is 33.1. The van der Waals surface area contributed by atoms with Crippen molar-refractivity contribution >= 4 is 30.7 Å². The first kappa shape index (κ1) is 21.0. The summed E-state index contributed by atoms with van der Waals surface area (Å²) >= 11 is 0. The number of rotatable bonds is 4. The molecule has 3 rings (SSSR count). The van der Waals surface area contributed by atoms with Crippen LogP contribution in [0.1, 0.15) is 45.4 Å². The van der Waals surface area contributed by atoms with Crippen molar-refractivity contribution in [2.75, 3.05) is 33.2 Å². The standard InChI is InChI=1S/C17H31N3O.2ClH/c1-3-19(2)11-13-8-9-20(12-13)17(21)16-10-14-6-4-5-7-15(14)18-16;;/h13-16,18H,3-12H2,1-2H3;2*1H. The molecule has 0 aromatic carbocycles. The fraction of sp³-hybridized carbons (Fsp3) is 0.941. The van der Waals surface area contributed by atoms with Gasteiger partial charge in [0.2, 0.25) is 5.91 Å². The van der Waals surface area contributed by atoms with E-state index in [0.717, 1.165) is 38.5 Å². The number of carbonyl (C=O) groups excluding carboxylic acids is 1. The predicted molar refractivity (Wildman–Crippen MR) is 99.6 cm³/mol. The van der Waals surface area contributed by atoms with Gasteiger partial charge in [0.15, 0.2) is 0 Å². The van der Waals surface area contributed by atoms with Crippen LogP contribution >= 0.6 is 24.8 Å². The van der Waals surface area contributed by atoms with Crippen LogP contribution in [0.15, 0.2) is 0 Å². The minimum atomic E-state index is 0. The van der Waals surface area contributed by atoms with E-state index >= 15 is 0 Å². The van der Waals surface area contributed by atoms with Gasteiger partial charge in [-0.05, 0) is 51.1 Å². The smallest absolute Gasteiger partial charge is 0.239 e. The maximum atomic E-state index is 12.7. The van der Waals surface area contributed by atoms with E-state index in [1.807, 2.05) is 0 Å². The molecule has 2 aliphatic heterocycles. The van der Waals surface area contributed by atoms with Crippen LogP contribution in [-0.2, 0) is 4.79 Å². The average molecular weight is 366 g/mol. The average Bonchev–Trinajstić information content (AvgIpc) is 3.12. The van der Waals surface area contributed by atoms with E-state index in [0.29, 0.717) is 17.9 Å². The number of fused-ring (bicyclic) bond motifs is 1. The molecule has 0 aromatic heterocycles. The van der Waals surface area contributed by atoms with Crippen LogP contribution in [0, 0.1) is 11.8 Å². The van der Waals surface area contributed by atoms with E-state index in [9.17, 15) is 4.79 Å². The van der Waals surface area contributed by atoms with Crippen molar-refractivity contribution < 1.29 is 4.79 Å². The zero-order valence-electron chi connectivity index (χ0n) is 14.5. The van der Waals surface area contributed by atoms with E-state index in [2.05, 4.69) is 29.1 Å². The van der Waals surface area contributed by atoms with Gasteiger partial charge in [-0.15, -0.1) is 24.8 Å². The Bertz CT molecular complexity index is 369. The minimum Gasteiger partial charge on any atom is -0.341 e. The molecule has 0 bridgehead atoms. The van der Waals surface area contributed by atoms with Crippen LogP contribution in [0.3, 0.4) is 0 Å². The van der Waals surface area contributed by atoms with Crippen molar-refractivity contribution in [1.82, 2.24) is 15.1 Å². The van der Waals surface area contributed by atoms with Gasteiger partial charge in [0, 0.05) is 25.7 Å². The lowest BCUT2D eigenvalue weighted by Gasteiger charge is -2.24. The summed E-state index contributed by atoms with van der Waals surface area (Å²) < 4.78 is 0. The van der Waals surface area contributed by atoms with Gasteiger partial charge in [0.1, 0.15) is 0 Å². The minimum absolute atomic E-state index is 0. The third kappa shape index (κ3) is 4.97. The van der Waals surface area contributed by atoms with Crippen LogP contribution in [-0.4, -0.2) is 61.0 Å². The summed E-state index contributed by atoms with van der Waals surface area (Å²) in [5, 5.41) is 3.63. The van der Waals surface area contributed by atoms with Crippen LogP contribution in [0.2, 0.25) is 0 Å². The van der Waals surface area contributed by atoms with Gasteiger partial charge in [0.25, 0.3) is 0 Å². The SMILES string of the molecule is CCN(C)CC1CCN(C(=O)C2CC3CCCCC3N2)C1.Cl.Cl. The summed E-state index contributed by atoms with van der Waals surface area (Å²) in [5.41, 5.74) is 0. The van der Waals surface area contributed by atoms with Crippen molar-refractivity contribution in [3.8, 4) is 0 Å². The molecular formula is C17H33Cl2N3O. The number of hydrogen-bond donors (Lipinski definition) is 1. The Hall–Kier alpha value is -0.0300. The molecule has 4 nitrogen and oxygen atoms in total. The molecule has 0 radical (unpaired) electrons. The second kappa shape index (κ2) is 9.45. The molecule has 136 valence electrons. The zero-order chi connectivity index (χ0) is 14.8. The van der Waals surface area contributed by atoms with E-state index in [1.54, 1.807) is 0 Å². The van der Waals surface area contributed by atoms with Crippen LogP contribution < -0.4 is 5.32 Å². The number of hydrogen-bond acceptors (Lipinski definition) is 3. The summed E-state index contributed by atoms with van der Waals surface area (Å²) in [6.07, 6.45) is 7.56. The highest BCUT2D eigenvalue weighted by Crippen LogP contribution is 2.34. The highest BCUT2D eigenvalue weighted by Gasteiger charge is 2.40. The lowest BCUT2D eigenvalue weighted by molar-refractivity contribution is -0.132.